The molecule has 3 aromatic rings. The van der Waals surface area contributed by atoms with E-state index in [0.29, 0.717) is 5.92 Å². The van der Waals surface area contributed by atoms with Gasteiger partial charge in [-0.2, -0.15) is 0 Å². The van der Waals surface area contributed by atoms with Gasteiger partial charge in [0.15, 0.2) is 5.78 Å². The number of fused-ring (bicyclic) bond motifs is 1. The van der Waals surface area contributed by atoms with Crippen LogP contribution < -0.4 is 4.74 Å². The standard InChI is InChI=1S/C20H19NO2/c1-21-12-18(15-5-3-4-6-19(15)21)16-11-17(16)20(22)13-7-9-14(23-2)10-8-13/h3-10,12,16-17H,11H2,1-2H3. The molecule has 1 saturated carbocycles. The molecule has 1 aliphatic carbocycles. The van der Waals surface area contributed by atoms with Gasteiger partial charge in [-0.25, -0.2) is 0 Å². The lowest BCUT2D eigenvalue weighted by atomic mass is 10.0. The van der Waals surface area contributed by atoms with Crippen LogP contribution in [0.2, 0.25) is 0 Å². The average Bonchev–Trinajstić information content (AvgIpc) is 3.33. The Labute approximate surface area is 135 Å². The van der Waals surface area contributed by atoms with Crippen LogP contribution >= 0.6 is 0 Å². The van der Waals surface area contributed by atoms with E-state index >= 15 is 0 Å². The second-order valence-corrected chi connectivity index (χ2v) is 6.25. The third kappa shape index (κ3) is 2.33. The summed E-state index contributed by atoms with van der Waals surface area (Å²) in [7, 11) is 3.70. The third-order valence-corrected chi connectivity index (χ3v) is 4.83. The fourth-order valence-corrected chi connectivity index (χ4v) is 3.47. The highest BCUT2D eigenvalue weighted by Gasteiger charge is 2.45. The minimum atomic E-state index is 0.106. The van der Waals surface area contributed by atoms with Crippen molar-refractivity contribution in [2.75, 3.05) is 7.11 Å². The number of rotatable bonds is 4. The van der Waals surface area contributed by atoms with Crippen molar-refractivity contribution >= 4 is 16.7 Å². The lowest BCUT2D eigenvalue weighted by molar-refractivity contribution is 0.0965. The quantitative estimate of drug-likeness (QED) is 0.677. The predicted octanol–water partition coefficient (Wildman–Crippen LogP) is 4.17. The molecule has 0 aliphatic heterocycles. The number of benzene rings is 2. The van der Waals surface area contributed by atoms with Crippen LogP contribution in [-0.4, -0.2) is 17.5 Å². The molecule has 3 heteroatoms. The molecule has 0 radical (unpaired) electrons. The molecular formula is C20H19NO2. The van der Waals surface area contributed by atoms with E-state index in [9.17, 15) is 4.79 Å². The van der Waals surface area contributed by atoms with Crippen LogP contribution in [0.4, 0.5) is 0 Å². The number of para-hydroxylation sites is 1. The van der Waals surface area contributed by atoms with Crippen LogP contribution in [-0.2, 0) is 7.05 Å². The lowest BCUT2D eigenvalue weighted by Gasteiger charge is -2.03. The van der Waals surface area contributed by atoms with Crippen LogP contribution in [0, 0.1) is 5.92 Å². The number of nitrogens with zero attached hydrogens (tertiary/aromatic N) is 1. The molecule has 116 valence electrons. The maximum Gasteiger partial charge on any atom is 0.166 e. The van der Waals surface area contributed by atoms with Crippen LogP contribution in [0.5, 0.6) is 5.75 Å². The van der Waals surface area contributed by atoms with Gasteiger partial charge in [-0.3, -0.25) is 4.79 Å². The van der Waals surface area contributed by atoms with Crippen molar-refractivity contribution < 1.29 is 9.53 Å². The first kappa shape index (κ1) is 14.1. The Morgan fingerprint density at radius 1 is 1.13 bits per heavy atom. The van der Waals surface area contributed by atoms with Crippen LogP contribution in [0.1, 0.15) is 28.3 Å². The Balaban J connectivity index is 1.60. The Hall–Kier alpha value is -2.55. The summed E-state index contributed by atoms with van der Waals surface area (Å²) in [6.07, 6.45) is 3.12. The molecule has 0 saturated heterocycles. The number of hydrogen-bond donors (Lipinski definition) is 0. The molecule has 0 N–H and O–H groups in total. The minimum absolute atomic E-state index is 0.106. The maximum absolute atomic E-state index is 12.7. The number of hydrogen-bond acceptors (Lipinski definition) is 2. The number of Topliss-reactive ketones (excluding diaryl/α,β-unsaturated/α-hetero) is 1. The smallest absolute Gasteiger partial charge is 0.166 e. The van der Waals surface area contributed by atoms with E-state index < -0.39 is 0 Å². The van der Waals surface area contributed by atoms with Gasteiger partial charge in [0.05, 0.1) is 7.11 Å². The first-order valence-electron chi connectivity index (χ1n) is 7.91. The van der Waals surface area contributed by atoms with Crippen LogP contribution in [0.3, 0.4) is 0 Å². The molecule has 2 aromatic carbocycles. The SMILES string of the molecule is COc1ccc(C(=O)C2CC2c2cn(C)c3ccccc23)cc1. The molecule has 1 heterocycles. The number of aryl methyl sites for hydroxylation is 1. The Morgan fingerprint density at radius 3 is 2.61 bits per heavy atom. The molecule has 2 unspecified atom stereocenters. The Morgan fingerprint density at radius 2 is 1.87 bits per heavy atom. The first-order valence-corrected chi connectivity index (χ1v) is 7.91. The summed E-state index contributed by atoms with van der Waals surface area (Å²) in [5.41, 5.74) is 3.30. The summed E-state index contributed by atoms with van der Waals surface area (Å²) in [5.74, 6) is 1.47. The number of carbonyl (C=O) groups excluding carboxylic acids is 1. The first-order chi connectivity index (χ1) is 11.2. The van der Waals surface area contributed by atoms with E-state index in [-0.39, 0.29) is 11.7 Å². The minimum Gasteiger partial charge on any atom is -0.497 e. The van der Waals surface area contributed by atoms with Crippen molar-refractivity contribution in [3.63, 3.8) is 0 Å². The van der Waals surface area contributed by atoms with Gasteiger partial charge in [-0.1, -0.05) is 18.2 Å². The molecule has 3 nitrogen and oxygen atoms in total. The van der Waals surface area contributed by atoms with Gasteiger partial charge in [-0.15, -0.1) is 0 Å². The van der Waals surface area contributed by atoms with Crippen LogP contribution in [0.25, 0.3) is 10.9 Å². The third-order valence-electron chi connectivity index (χ3n) is 4.83. The van der Waals surface area contributed by atoms with Gasteiger partial charge in [-0.05, 0) is 48.2 Å². The highest BCUT2D eigenvalue weighted by molar-refractivity contribution is 6.01. The largest absolute Gasteiger partial charge is 0.497 e. The van der Waals surface area contributed by atoms with Gasteiger partial charge in [0.25, 0.3) is 0 Å². The van der Waals surface area contributed by atoms with Crippen molar-refractivity contribution in [2.24, 2.45) is 13.0 Å². The number of methoxy groups -OCH3 is 1. The summed E-state index contributed by atoms with van der Waals surface area (Å²) >= 11 is 0. The van der Waals surface area contributed by atoms with Crippen molar-refractivity contribution in [1.82, 2.24) is 4.57 Å². The summed E-state index contributed by atoms with van der Waals surface area (Å²) in [4.78, 5) is 12.7. The maximum atomic E-state index is 12.7. The van der Waals surface area contributed by atoms with Gasteiger partial charge in [0.2, 0.25) is 0 Å². The Kier molecular flexibility index (Phi) is 3.22. The van der Waals surface area contributed by atoms with Gasteiger partial charge >= 0.3 is 0 Å². The highest BCUT2D eigenvalue weighted by Crippen LogP contribution is 2.51. The molecule has 0 spiro atoms. The molecule has 1 aliphatic rings. The topological polar surface area (TPSA) is 31.2 Å². The van der Waals surface area contributed by atoms with E-state index in [1.807, 2.05) is 24.3 Å². The van der Waals surface area contributed by atoms with Crippen molar-refractivity contribution in [2.45, 2.75) is 12.3 Å². The van der Waals surface area contributed by atoms with E-state index in [1.54, 1.807) is 7.11 Å². The lowest BCUT2D eigenvalue weighted by Crippen LogP contribution is -2.03. The number of aromatic nitrogens is 1. The summed E-state index contributed by atoms with van der Waals surface area (Å²) in [6.45, 7) is 0. The van der Waals surface area contributed by atoms with Crippen molar-refractivity contribution in [3.8, 4) is 5.75 Å². The van der Waals surface area contributed by atoms with Crippen molar-refractivity contribution in [3.05, 3.63) is 65.9 Å². The fraction of sp³-hybridized carbons (Fsp3) is 0.250. The molecule has 4 rings (SSSR count). The second-order valence-electron chi connectivity index (χ2n) is 6.25. The van der Waals surface area contributed by atoms with E-state index in [1.165, 1.54) is 16.5 Å². The fourth-order valence-electron chi connectivity index (χ4n) is 3.47. The number of ketones is 1. The number of carbonyl (C=O) groups is 1. The van der Waals surface area contributed by atoms with Gasteiger partial charge in [0.1, 0.15) is 5.75 Å². The van der Waals surface area contributed by atoms with E-state index in [0.717, 1.165) is 17.7 Å². The second kappa shape index (κ2) is 5.27. The molecule has 1 aromatic heterocycles. The molecule has 2 atom stereocenters. The normalized spacial score (nSPS) is 19.7. The zero-order valence-corrected chi connectivity index (χ0v) is 13.3. The summed E-state index contributed by atoms with van der Waals surface area (Å²) < 4.78 is 7.30. The summed E-state index contributed by atoms with van der Waals surface area (Å²) in [6, 6.07) is 15.8. The average molecular weight is 305 g/mol. The van der Waals surface area contributed by atoms with Crippen molar-refractivity contribution in [1.29, 1.82) is 0 Å². The van der Waals surface area contributed by atoms with Crippen LogP contribution in [0.15, 0.2) is 54.7 Å². The molecule has 23 heavy (non-hydrogen) atoms. The van der Waals surface area contributed by atoms with Gasteiger partial charge < -0.3 is 9.30 Å². The zero-order chi connectivity index (χ0) is 16.0. The van der Waals surface area contributed by atoms with E-state index in [2.05, 4.69) is 42.1 Å². The molecule has 0 amide bonds. The molecule has 0 bridgehead atoms. The van der Waals surface area contributed by atoms with Gasteiger partial charge in [0, 0.05) is 35.6 Å². The summed E-state index contributed by atoms with van der Waals surface area (Å²) in [5, 5.41) is 1.27. The predicted molar refractivity (Wildman–Crippen MR) is 91.1 cm³/mol. The molecular weight excluding hydrogens is 286 g/mol. The monoisotopic (exact) mass is 305 g/mol. The molecule has 1 fully saturated rings. The Bertz CT molecular complexity index is 876. The van der Waals surface area contributed by atoms with E-state index in [4.69, 9.17) is 4.74 Å². The zero-order valence-electron chi connectivity index (χ0n) is 13.3. The highest BCUT2D eigenvalue weighted by atomic mass is 16.5. The number of ether oxygens (including phenoxy) is 1.